The molecule has 2 heterocycles. The highest BCUT2D eigenvalue weighted by Crippen LogP contribution is 2.37. The van der Waals surface area contributed by atoms with E-state index < -0.39 is 5.82 Å². The molecule has 188 valence electrons. The van der Waals surface area contributed by atoms with Crippen LogP contribution in [0.2, 0.25) is 0 Å². The number of anilines is 2. The zero-order valence-corrected chi connectivity index (χ0v) is 20.8. The van der Waals surface area contributed by atoms with Crippen LogP contribution >= 0.6 is 12.4 Å². The molecule has 3 aromatic rings. The van der Waals surface area contributed by atoms with E-state index in [2.05, 4.69) is 15.3 Å². The lowest BCUT2D eigenvalue weighted by Gasteiger charge is -2.35. The fraction of sp³-hybridized carbons (Fsp3) is 0.375. The normalized spacial score (nSPS) is 14.4. The number of nitrogens with zero attached hydrogens (tertiary/aromatic N) is 4. The van der Waals surface area contributed by atoms with Crippen LogP contribution in [-0.4, -0.2) is 68.2 Å². The number of rotatable bonds is 7. The molecule has 1 atom stereocenters. The van der Waals surface area contributed by atoms with Gasteiger partial charge in [0.05, 0.1) is 14.2 Å². The van der Waals surface area contributed by atoms with E-state index in [9.17, 15) is 4.79 Å². The van der Waals surface area contributed by atoms with Gasteiger partial charge in [0.1, 0.15) is 11.3 Å². The standard InChI is InChI=1S/C24H29FN6O3.ClH/c1-27-17(15-7-5-4-6-8-15)14-19(32)30-9-11-31(12-10-30)24-28-21-16(23(26)29-24)13-18(33-2)22(34-3)20(21)25;/h4-8,13,17,27H,9-12,14H2,1-3H3,(H2,26,28,29);1H. The molecule has 3 N–H and O–H groups in total. The predicted octanol–water partition coefficient (Wildman–Crippen LogP) is 2.79. The summed E-state index contributed by atoms with van der Waals surface area (Å²) in [4.78, 5) is 25.5. The van der Waals surface area contributed by atoms with Gasteiger partial charge in [0.15, 0.2) is 17.3 Å². The number of halogens is 2. The molecule has 1 aromatic heterocycles. The van der Waals surface area contributed by atoms with E-state index in [1.807, 2.05) is 47.2 Å². The third-order valence-corrected chi connectivity index (χ3v) is 6.14. The van der Waals surface area contributed by atoms with E-state index >= 15 is 4.39 Å². The van der Waals surface area contributed by atoms with Gasteiger partial charge in [-0.15, -0.1) is 12.4 Å². The van der Waals surface area contributed by atoms with Gasteiger partial charge in [-0.3, -0.25) is 4.79 Å². The van der Waals surface area contributed by atoms with E-state index in [0.717, 1.165) is 5.56 Å². The van der Waals surface area contributed by atoms with Gasteiger partial charge in [0.25, 0.3) is 0 Å². The molecule has 1 unspecified atom stereocenters. The highest BCUT2D eigenvalue weighted by atomic mass is 35.5. The van der Waals surface area contributed by atoms with Crippen LogP contribution in [0, 0.1) is 5.82 Å². The molecule has 1 aliphatic heterocycles. The molecule has 0 saturated carbocycles. The number of fused-ring (bicyclic) bond motifs is 1. The van der Waals surface area contributed by atoms with Crippen molar-refractivity contribution in [1.82, 2.24) is 20.2 Å². The fourth-order valence-electron chi connectivity index (χ4n) is 4.21. The number of hydrogen-bond acceptors (Lipinski definition) is 8. The first-order valence-electron chi connectivity index (χ1n) is 11.1. The monoisotopic (exact) mass is 504 g/mol. The summed E-state index contributed by atoms with van der Waals surface area (Å²) in [6, 6.07) is 11.4. The molecule has 0 aliphatic carbocycles. The minimum Gasteiger partial charge on any atom is -0.493 e. The van der Waals surface area contributed by atoms with Crippen LogP contribution in [0.4, 0.5) is 16.2 Å². The molecule has 1 fully saturated rings. The number of nitrogen functional groups attached to an aromatic ring is 1. The zero-order valence-electron chi connectivity index (χ0n) is 20.0. The fourth-order valence-corrected chi connectivity index (χ4v) is 4.21. The van der Waals surface area contributed by atoms with Gasteiger partial charge in [-0.2, -0.15) is 4.98 Å². The average molecular weight is 505 g/mol. The third kappa shape index (κ3) is 5.33. The minimum absolute atomic E-state index is 0. The maximum absolute atomic E-state index is 15.1. The number of amides is 1. The molecule has 11 heteroatoms. The molecule has 1 saturated heterocycles. The largest absolute Gasteiger partial charge is 0.493 e. The highest BCUT2D eigenvalue weighted by molar-refractivity contribution is 5.92. The lowest BCUT2D eigenvalue weighted by Crippen LogP contribution is -2.49. The number of nitrogens with two attached hydrogens (primary N) is 1. The van der Waals surface area contributed by atoms with E-state index in [4.69, 9.17) is 15.2 Å². The van der Waals surface area contributed by atoms with Crippen LogP contribution < -0.4 is 25.4 Å². The van der Waals surface area contributed by atoms with Gasteiger partial charge in [0.2, 0.25) is 11.9 Å². The Balaban J connectivity index is 0.00000342. The van der Waals surface area contributed by atoms with E-state index in [1.165, 1.54) is 14.2 Å². The third-order valence-electron chi connectivity index (χ3n) is 6.14. The SMILES string of the molecule is CNC(CC(=O)N1CCN(c2nc(N)c3cc(OC)c(OC)c(F)c3n2)CC1)c1ccccc1.Cl. The molecule has 0 bridgehead atoms. The lowest BCUT2D eigenvalue weighted by atomic mass is 10.0. The van der Waals surface area contributed by atoms with Gasteiger partial charge < -0.3 is 30.3 Å². The Hall–Kier alpha value is -3.37. The number of piperazine rings is 1. The van der Waals surface area contributed by atoms with Crippen molar-refractivity contribution in [3.05, 3.63) is 47.8 Å². The number of benzene rings is 2. The second-order valence-electron chi connectivity index (χ2n) is 8.05. The van der Waals surface area contributed by atoms with Gasteiger partial charge in [-0.1, -0.05) is 30.3 Å². The van der Waals surface area contributed by atoms with E-state index in [-0.39, 0.29) is 47.2 Å². The number of methoxy groups -OCH3 is 2. The molecular formula is C24H30ClFN6O3. The minimum atomic E-state index is -0.653. The summed E-state index contributed by atoms with van der Waals surface area (Å²) in [6.07, 6.45) is 0.368. The summed E-state index contributed by atoms with van der Waals surface area (Å²) < 4.78 is 25.4. The molecule has 35 heavy (non-hydrogen) atoms. The average Bonchev–Trinajstić information content (AvgIpc) is 2.87. The van der Waals surface area contributed by atoms with Crippen LogP contribution in [0.5, 0.6) is 11.5 Å². The number of nitrogens with one attached hydrogen (secondary N) is 1. The Morgan fingerprint density at radius 1 is 1.14 bits per heavy atom. The Bertz CT molecular complexity index is 1180. The highest BCUT2D eigenvalue weighted by Gasteiger charge is 2.26. The predicted molar refractivity (Wildman–Crippen MR) is 136 cm³/mol. The van der Waals surface area contributed by atoms with Crippen molar-refractivity contribution in [3.63, 3.8) is 0 Å². The number of hydrogen-bond donors (Lipinski definition) is 2. The van der Waals surface area contributed by atoms with Crippen LogP contribution in [0.3, 0.4) is 0 Å². The van der Waals surface area contributed by atoms with Gasteiger partial charge in [-0.05, 0) is 18.7 Å². The summed E-state index contributed by atoms with van der Waals surface area (Å²) >= 11 is 0. The first-order valence-corrected chi connectivity index (χ1v) is 11.1. The van der Waals surface area contributed by atoms with Crippen LogP contribution in [-0.2, 0) is 4.79 Å². The van der Waals surface area contributed by atoms with E-state index in [1.54, 1.807) is 6.07 Å². The summed E-state index contributed by atoms with van der Waals surface area (Å²) in [6.45, 7) is 2.06. The van der Waals surface area contributed by atoms with Crippen molar-refractivity contribution >= 4 is 41.0 Å². The molecule has 0 radical (unpaired) electrons. The van der Waals surface area contributed by atoms with Crippen molar-refractivity contribution in [3.8, 4) is 11.5 Å². The molecular weight excluding hydrogens is 475 g/mol. The second kappa shape index (κ2) is 11.4. The molecule has 1 aliphatic rings. The number of ether oxygens (including phenoxy) is 2. The Morgan fingerprint density at radius 2 is 1.83 bits per heavy atom. The maximum Gasteiger partial charge on any atom is 0.228 e. The summed E-state index contributed by atoms with van der Waals surface area (Å²) in [5, 5.41) is 3.58. The smallest absolute Gasteiger partial charge is 0.228 e. The first kappa shape index (κ1) is 26.2. The number of carbonyl (C=O) groups excluding carboxylic acids is 1. The lowest BCUT2D eigenvalue weighted by molar-refractivity contribution is -0.132. The van der Waals surface area contributed by atoms with Crippen molar-refractivity contribution in [2.24, 2.45) is 0 Å². The van der Waals surface area contributed by atoms with Gasteiger partial charge in [0, 0.05) is 44.0 Å². The van der Waals surface area contributed by atoms with Crippen LogP contribution in [0.1, 0.15) is 18.0 Å². The summed E-state index contributed by atoms with van der Waals surface area (Å²) in [5.74, 6) is 0.0772. The van der Waals surface area contributed by atoms with Crippen molar-refractivity contribution in [2.75, 3.05) is 58.1 Å². The quantitative estimate of drug-likeness (QED) is 0.506. The first-order chi connectivity index (χ1) is 16.5. The van der Waals surface area contributed by atoms with Crippen molar-refractivity contribution in [1.29, 1.82) is 0 Å². The van der Waals surface area contributed by atoms with E-state index in [0.29, 0.717) is 43.9 Å². The van der Waals surface area contributed by atoms with Gasteiger partial charge >= 0.3 is 0 Å². The molecule has 9 nitrogen and oxygen atoms in total. The molecule has 2 aromatic carbocycles. The summed E-state index contributed by atoms with van der Waals surface area (Å²) in [5.41, 5.74) is 7.28. The number of aromatic nitrogens is 2. The maximum atomic E-state index is 15.1. The van der Waals surface area contributed by atoms with Crippen LogP contribution in [0.25, 0.3) is 10.9 Å². The Kier molecular flexibility index (Phi) is 8.52. The van der Waals surface area contributed by atoms with Crippen LogP contribution in [0.15, 0.2) is 36.4 Å². The summed E-state index contributed by atoms with van der Waals surface area (Å²) in [7, 11) is 4.65. The second-order valence-corrected chi connectivity index (χ2v) is 8.05. The Labute approximate surface area is 209 Å². The van der Waals surface area contributed by atoms with Crippen molar-refractivity contribution in [2.45, 2.75) is 12.5 Å². The number of carbonyl (C=O) groups is 1. The van der Waals surface area contributed by atoms with Gasteiger partial charge in [-0.25, -0.2) is 9.37 Å². The zero-order chi connectivity index (χ0) is 24.2. The Morgan fingerprint density at radius 3 is 2.43 bits per heavy atom. The molecule has 4 rings (SSSR count). The molecule has 1 amide bonds. The molecule has 0 spiro atoms. The topological polar surface area (TPSA) is 106 Å². The van der Waals surface area contributed by atoms with Crippen molar-refractivity contribution < 1.29 is 18.7 Å².